The molecule has 0 spiro atoms. The molecule has 0 aliphatic rings. The molecular weight excluding hydrogens is 217 g/mol. The Morgan fingerprint density at radius 1 is 1.44 bits per heavy atom. The maximum atomic E-state index is 9.94. The minimum absolute atomic E-state index is 0. The summed E-state index contributed by atoms with van der Waals surface area (Å²) in [6.07, 6.45) is 2.31. The first-order valence-electron chi connectivity index (χ1n) is 2.29. The Hall–Kier alpha value is -0.310. The topological polar surface area (TPSA) is 30.0 Å². The van der Waals surface area contributed by atoms with E-state index in [9.17, 15) is 4.79 Å². The van der Waals surface area contributed by atoms with E-state index in [-0.39, 0.29) is 25.8 Å². The van der Waals surface area contributed by atoms with Crippen LogP contribution in [0.1, 0.15) is 10.5 Å². The van der Waals surface area contributed by atoms with Gasteiger partial charge in [0, 0.05) is 6.20 Å². The number of pyridine rings is 1. The van der Waals surface area contributed by atoms with Crippen LogP contribution in [0.15, 0.2) is 24.4 Å². The average molecular weight is 225 g/mol. The molecule has 0 aliphatic carbocycles. The second-order valence-electron chi connectivity index (χ2n) is 1.37. The first-order valence-corrected chi connectivity index (χ1v) is 2.29. The standard InChI is InChI=1S/C6H5NO.In.3H/c8-5-6-3-1-2-4-7-6;;;;/h1-5H;;;;. The third-order valence-electron chi connectivity index (χ3n) is 0.809. The Morgan fingerprint density at radius 2 is 2.22 bits per heavy atom. The average Bonchev–Trinajstić information content (AvgIpc) is 1.90. The number of carbonyl (C=O) groups is 1. The second kappa shape index (κ2) is 4.56. The summed E-state index contributed by atoms with van der Waals surface area (Å²) in [7, 11) is 0. The van der Waals surface area contributed by atoms with Crippen LogP contribution >= 0.6 is 0 Å². The van der Waals surface area contributed by atoms with E-state index in [0.29, 0.717) is 5.69 Å². The summed E-state index contributed by atoms with van der Waals surface area (Å²) in [6, 6.07) is 5.21. The Morgan fingerprint density at radius 3 is 2.56 bits per heavy atom. The van der Waals surface area contributed by atoms with E-state index < -0.39 is 0 Å². The monoisotopic (exact) mass is 225 g/mol. The molecule has 2 nitrogen and oxygen atoms in total. The molecule has 3 heteroatoms. The predicted molar refractivity (Wildman–Crippen MR) is 39.6 cm³/mol. The molecule has 1 aromatic rings. The van der Waals surface area contributed by atoms with Gasteiger partial charge in [0.05, 0.1) is 0 Å². The molecule has 0 N–H and O–H groups in total. The summed E-state index contributed by atoms with van der Waals surface area (Å²) in [6.45, 7) is 0. The van der Waals surface area contributed by atoms with Crippen molar-refractivity contribution in [3.05, 3.63) is 30.1 Å². The van der Waals surface area contributed by atoms with Gasteiger partial charge in [-0.1, -0.05) is 6.07 Å². The molecule has 0 saturated heterocycles. The van der Waals surface area contributed by atoms with Crippen molar-refractivity contribution in [3.63, 3.8) is 0 Å². The van der Waals surface area contributed by atoms with Crippen LogP contribution in [0.5, 0.6) is 0 Å². The molecule has 1 aromatic heterocycles. The Bertz CT molecular complexity index is 176. The molecule has 0 unspecified atom stereocenters. The normalized spacial score (nSPS) is 7.56. The van der Waals surface area contributed by atoms with Crippen LogP contribution in [-0.4, -0.2) is 37.1 Å². The van der Waals surface area contributed by atoms with E-state index in [1.54, 1.807) is 24.4 Å². The summed E-state index contributed by atoms with van der Waals surface area (Å²) in [5, 5.41) is 0. The zero-order valence-corrected chi connectivity index (χ0v) is 4.24. The van der Waals surface area contributed by atoms with Gasteiger partial charge >= 0.3 is 25.8 Å². The number of hydrogen-bond donors (Lipinski definition) is 0. The Kier molecular flexibility index (Phi) is 4.40. The summed E-state index contributed by atoms with van der Waals surface area (Å²) < 4.78 is 0. The molecule has 0 aromatic carbocycles. The minimum atomic E-state index is 0. The summed E-state index contributed by atoms with van der Waals surface area (Å²) in [5.41, 5.74) is 0.479. The molecule has 0 saturated carbocycles. The number of aromatic nitrogens is 1. The van der Waals surface area contributed by atoms with Crippen molar-refractivity contribution in [2.45, 2.75) is 0 Å². The molecule has 0 radical (unpaired) electrons. The summed E-state index contributed by atoms with van der Waals surface area (Å²) in [5.74, 6) is 0. The van der Waals surface area contributed by atoms with Crippen LogP contribution in [0.25, 0.3) is 0 Å². The molecule has 0 fully saturated rings. The van der Waals surface area contributed by atoms with E-state index in [4.69, 9.17) is 0 Å². The van der Waals surface area contributed by atoms with Crippen LogP contribution < -0.4 is 0 Å². The third kappa shape index (κ3) is 2.65. The van der Waals surface area contributed by atoms with Crippen LogP contribution in [-0.2, 0) is 0 Å². The first-order chi connectivity index (χ1) is 3.93. The molecule has 46 valence electrons. The van der Waals surface area contributed by atoms with Crippen molar-refractivity contribution in [2.24, 2.45) is 0 Å². The van der Waals surface area contributed by atoms with Crippen LogP contribution in [0.3, 0.4) is 0 Å². The van der Waals surface area contributed by atoms with Gasteiger partial charge in [0.1, 0.15) is 5.69 Å². The number of aldehydes is 1. The van der Waals surface area contributed by atoms with Crippen LogP contribution in [0.2, 0.25) is 0 Å². The van der Waals surface area contributed by atoms with Crippen LogP contribution in [0.4, 0.5) is 0 Å². The molecule has 0 amide bonds. The predicted octanol–water partition coefficient (Wildman–Crippen LogP) is -0.290. The molecule has 0 bridgehead atoms. The van der Waals surface area contributed by atoms with Gasteiger partial charge in [-0.25, -0.2) is 0 Å². The van der Waals surface area contributed by atoms with Crippen molar-refractivity contribution >= 4 is 32.1 Å². The zero-order valence-electron chi connectivity index (χ0n) is 4.24. The van der Waals surface area contributed by atoms with E-state index in [0.717, 1.165) is 6.29 Å². The van der Waals surface area contributed by atoms with Gasteiger partial charge < -0.3 is 0 Å². The fraction of sp³-hybridized carbons (Fsp3) is 0. The summed E-state index contributed by atoms with van der Waals surface area (Å²) >= 11 is 0. The van der Waals surface area contributed by atoms with Crippen molar-refractivity contribution in [1.82, 2.24) is 4.98 Å². The van der Waals surface area contributed by atoms with Gasteiger partial charge in [0.2, 0.25) is 0 Å². The quantitative estimate of drug-likeness (QED) is 0.614. The fourth-order valence-corrected chi connectivity index (χ4v) is 0.446. The molecule has 9 heavy (non-hydrogen) atoms. The SMILES string of the molecule is O=Cc1ccccn1.[InH3]. The van der Waals surface area contributed by atoms with Gasteiger partial charge in [-0.2, -0.15) is 0 Å². The maximum absolute atomic E-state index is 9.94. The summed E-state index contributed by atoms with van der Waals surface area (Å²) in [4.78, 5) is 13.7. The Labute approximate surface area is 72.1 Å². The van der Waals surface area contributed by atoms with E-state index in [2.05, 4.69) is 4.98 Å². The van der Waals surface area contributed by atoms with Gasteiger partial charge in [-0.15, -0.1) is 0 Å². The number of nitrogens with zero attached hydrogens (tertiary/aromatic N) is 1. The zero-order chi connectivity index (χ0) is 5.82. The number of hydrogen-bond acceptors (Lipinski definition) is 2. The molecule has 0 atom stereocenters. The molecule has 0 aliphatic heterocycles. The van der Waals surface area contributed by atoms with Gasteiger partial charge in [-0.05, 0) is 12.1 Å². The van der Waals surface area contributed by atoms with E-state index in [1.807, 2.05) is 0 Å². The van der Waals surface area contributed by atoms with Crippen LogP contribution in [0, 0.1) is 0 Å². The van der Waals surface area contributed by atoms with Gasteiger partial charge in [-0.3, -0.25) is 9.78 Å². The van der Waals surface area contributed by atoms with E-state index in [1.165, 1.54) is 0 Å². The number of carbonyl (C=O) groups excluding carboxylic acids is 1. The van der Waals surface area contributed by atoms with Gasteiger partial charge in [0.25, 0.3) is 0 Å². The molecule has 1 rings (SSSR count). The Balaban J connectivity index is 0.000000640. The molecular formula is C6H8InNO. The van der Waals surface area contributed by atoms with Gasteiger partial charge in [0.15, 0.2) is 6.29 Å². The van der Waals surface area contributed by atoms with Crippen molar-refractivity contribution < 1.29 is 4.79 Å². The first kappa shape index (κ1) is 8.69. The number of rotatable bonds is 1. The third-order valence-corrected chi connectivity index (χ3v) is 0.809. The van der Waals surface area contributed by atoms with Crippen molar-refractivity contribution in [1.29, 1.82) is 0 Å². The second-order valence-corrected chi connectivity index (χ2v) is 1.37. The van der Waals surface area contributed by atoms with Crippen molar-refractivity contribution in [3.8, 4) is 0 Å². The van der Waals surface area contributed by atoms with E-state index >= 15 is 0 Å². The van der Waals surface area contributed by atoms with Crippen molar-refractivity contribution in [2.75, 3.05) is 0 Å². The fourth-order valence-electron chi connectivity index (χ4n) is 0.446. The molecule has 1 heterocycles.